The SMILES string of the molecule is Cc1ccc(NC(=O)c2ccc(=O)n(CCC(=O)N3CCN(c4ccccn4)CC3)n2)cc1C. The lowest BCUT2D eigenvalue weighted by Gasteiger charge is -2.35. The summed E-state index contributed by atoms with van der Waals surface area (Å²) in [4.78, 5) is 45.9. The largest absolute Gasteiger partial charge is 0.353 e. The van der Waals surface area contributed by atoms with Crippen molar-refractivity contribution in [2.75, 3.05) is 36.4 Å². The first kappa shape index (κ1) is 23.2. The molecule has 0 unspecified atom stereocenters. The Balaban J connectivity index is 1.33. The van der Waals surface area contributed by atoms with Crippen LogP contribution in [0, 0.1) is 13.8 Å². The van der Waals surface area contributed by atoms with Gasteiger partial charge in [0.1, 0.15) is 11.5 Å². The van der Waals surface area contributed by atoms with Crippen LogP contribution in [0.1, 0.15) is 28.0 Å². The maximum Gasteiger partial charge on any atom is 0.276 e. The van der Waals surface area contributed by atoms with E-state index in [1.54, 1.807) is 11.1 Å². The number of nitrogens with zero attached hydrogens (tertiary/aromatic N) is 5. The fourth-order valence-corrected chi connectivity index (χ4v) is 3.83. The summed E-state index contributed by atoms with van der Waals surface area (Å²) in [6, 6.07) is 14.1. The minimum Gasteiger partial charge on any atom is -0.353 e. The molecule has 2 amide bonds. The van der Waals surface area contributed by atoms with Crippen LogP contribution in [0.5, 0.6) is 0 Å². The zero-order valence-electron chi connectivity index (χ0n) is 19.4. The van der Waals surface area contributed by atoms with Gasteiger partial charge in [0.2, 0.25) is 5.91 Å². The highest BCUT2D eigenvalue weighted by molar-refractivity contribution is 6.02. The van der Waals surface area contributed by atoms with Gasteiger partial charge in [-0.25, -0.2) is 9.67 Å². The van der Waals surface area contributed by atoms with Gasteiger partial charge in [-0.1, -0.05) is 12.1 Å². The van der Waals surface area contributed by atoms with Gasteiger partial charge in [0.15, 0.2) is 0 Å². The van der Waals surface area contributed by atoms with Crippen molar-refractivity contribution in [1.29, 1.82) is 0 Å². The van der Waals surface area contributed by atoms with Crippen LogP contribution in [-0.4, -0.2) is 57.7 Å². The summed E-state index contributed by atoms with van der Waals surface area (Å²) in [7, 11) is 0. The van der Waals surface area contributed by atoms with Crippen molar-refractivity contribution in [3.8, 4) is 0 Å². The van der Waals surface area contributed by atoms with Crippen LogP contribution in [0.3, 0.4) is 0 Å². The fraction of sp³-hybridized carbons (Fsp3) is 0.320. The van der Waals surface area contributed by atoms with E-state index in [2.05, 4.69) is 20.3 Å². The Kier molecular flexibility index (Phi) is 7.01. The molecule has 3 heterocycles. The third-order valence-electron chi connectivity index (χ3n) is 6.01. The minimum atomic E-state index is -0.408. The molecule has 1 N–H and O–H groups in total. The van der Waals surface area contributed by atoms with Crippen LogP contribution in [0.2, 0.25) is 0 Å². The first-order chi connectivity index (χ1) is 16.4. The minimum absolute atomic E-state index is 0.0423. The van der Waals surface area contributed by atoms with Crippen molar-refractivity contribution < 1.29 is 9.59 Å². The van der Waals surface area contributed by atoms with E-state index in [4.69, 9.17) is 0 Å². The van der Waals surface area contributed by atoms with Crippen LogP contribution < -0.4 is 15.8 Å². The summed E-state index contributed by atoms with van der Waals surface area (Å²) in [5.74, 6) is 0.453. The molecule has 3 aromatic rings. The molecule has 0 aliphatic carbocycles. The van der Waals surface area contributed by atoms with Gasteiger partial charge in [0.25, 0.3) is 11.5 Å². The summed E-state index contributed by atoms with van der Waals surface area (Å²) < 4.78 is 1.18. The third kappa shape index (κ3) is 5.48. The number of amides is 2. The molecule has 34 heavy (non-hydrogen) atoms. The highest BCUT2D eigenvalue weighted by Gasteiger charge is 2.22. The highest BCUT2D eigenvalue weighted by atomic mass is 16.2. The van der Waals surface area contributed by atoms with Crippen molar-refractivity contribution >= 4 is 23.3 Å². The van der Waals surface area contributed by atoms with Gasteiger partial charge in [-0.2, -0.15) is 5.10 Å². The number of anilines is 2. The molecule has 0 radical (unpaired) electrons. The lowest BCUT2D eigenvalue weighted by Crippen LogP contribution is -2.49. The summed E-state index contributed by atoms with van der Waals surface area (Å²) in [6.07, 6.45) is 1.90. The number of nitrogens with one attached hydrogen (secondary N) is 1. The molecule has 0 saturated carbocycles. The van der Waals surface area contributed by atoms with E-state index in [1.165, 1.54) is 16.8 Å². The highest BCUT2D eigenvalue weighted by Crippen LogP contribution is 2.15. The number of benzene rings is 1. The summed E-state index contributed by atoms with van der Waals surface area (Å²) >= 11 is 0. The second-order valence-electron chi connectivity index (χ2n) is 8.34. The molecular formula is C25H28N6O3. The van der Waals surface area contributed by atoms with E-state index in [-0.39, 0.29) is 30.1 Å². The Labute approximate surface area is 198 Å². The van der Waals surface area contributed by atoms with Gasteiger partial charge in [0, 0.05) is 50.6 Å². The molecule has 2 aromatic heterocycles. The number of hydrogen-bond donors (Lipinski definition) is 1. The van der Waals surface area contributed by atoms with Crippen molar-refractivity contribution in [2.45, 2.75) is 26.8 Å². The van der Waals surface area contributed by atoms with Crippen molar-refractivity contribution in [3.63, 3.8) is 0 Å². The number of piperazine rings is 1. The Morgan fingerprint density at radius 2 is 1.76 bits per heavy atom. The number of aryl methyl sites for hydroxylation is 3. The van der Waals surface area contributed by atoms with Gasteiger partial charge < -0.3 is 15.1 Å². The van der Waals surface area contributed by atoms with Gasteiger partial charge in [-0.3, -0.25) is 14.4 Å². The average molecular weight is 461 g/mol. The molecule has 1 saturated heterocycles. The van der Waals surface area contributed by atoms with E-state index in [9.17, 15) is 14.4 Å². The molecule has 0 spiro atoms. The van der Waals surface area contributed by atoms with Gasteiger partial charge >= 0.3 is 0 Å². The molecule has 9 nitrogen and oxygen atoms in total. The predicted molar refractivity (Wildman–Crippen MR) is 130 cm³/mol. The standard InChI is InChI=1S/C25H28N6O3/c1-18-6-7-20(17-19(18)2)27-25(34)21-8-9-24(33)31(28-21)12-10-23(32)30-15-13-29(14-16-30)22-5-3-4-11-26-22/h3-9,11,17H,10,12-16H2,1-2H3,(H,27,34). The average Bonchev–Trinajstić information content (AvgIpc) is 2.86. The smallest absolute Gasteiger partial charge is 0.276 e. The number of hydrogen-bond acceptors (Lipinski definition) is 6. The maximum atomic E-state index is 12.7. The number of carbonyl (C=O) groups is 2. The second-order valence-corrected chi connectivity index (χ2v) is 8.34. The Morgan fingerprint density at radius 1 is 0.971 bits per heavy atom. The van der Waals surface area contributed by atoms with Gasteiger partial charge in [-0.05, 0) is 55.3 Å². The van der Waals surface area contributed by atoms with E-state index in [0.29, 0.717) is 31.9 Å². The number of pyridine rings is 1. The van der Waals surface area contributed by atoms with E-state index < -0.39 is 5.91 Å². The summed E-state index contributed by atoms with van der Waals surface area (Å²) in [6.45, 7) is 6.68. The van der Waals surface area contributed by atoms with Crippen LogP contribution >= 0.6 is 0 Å². The van der Waals surface area contributed by atoms with Crippen LogP contribution in [0.25, 0.3) is 0 Å². The molecule has 1 aliphatic rings. The Hall–Kier alpha value is -4.01. The molecule has 1 aliphatic heterocycles. The molecular weight excluding hydrogens is 432 g/mol. The molecule has 9 heteroatoms. The lowest BCUT2D eigenvalue weighted by atomic mass is 10.1. The van der Waals surface area contributed by atoms with Crippen LogP contribution in [0.4, 0.5) is 11.5 Å². The number of aromatic nitrogens is 3. The lowest BCUT2D eigenvalue weighted by molar-refractivity contribution is -0.131. The second kappa shape index (κ2) is 10.3. The van der Waals surface area contributed by atoms with Crippen molar-refractivity contribution in [1.82, 2.24) is 19.7 Å². The Morgan fingerprint density at radius 3 is 2.47 bits per heavy atom. The van der Waals surface area contributed by atoms with E-state index >= 15 is 0 Å². The molecule has 0 bridgehead atoms. The first-order valence-electron chi connectivity index (χ1n) is 11.3. The van der Waals surface area contributed by atoms with E-state index in [1.807, 2.05) is 50.2 Å². The molecule has 0 atom stereocenters. The first-order valence-corrected chi connectivity index (χ1v) is 11.3. The molecule has 4 rings (SSSR count). The van der Waals surface area contributed by atoms with Crippen molar-refractivity contribution in [2.24, 2.45) is 0 Å². The monoisotopic (exact) mass is 460 g/mol. The quantitative estimate of drug-likeness (QED) is 0.606. The van der Waals surface area contributed by atoms with Crippen LogP contribution in [0.15, 0.2) is 59.5 Å². The summed E-state index contributed by atoms with van der Waals surface area (Å²) in [5.41, 5.74) is 2.63. The normalized spacial score (nSPS) is 13.6. The van der Waals surface area contributed by atoms with Crippen molar-refractivity contribution in [3.05, 3.63) is 81.9 Å². The molecule has 1 aromatic carbocycles. The summed E-state index contributed by atoms with van der Waals surface area (Å²) in [5, 5.41) is 6.99. The molecule has 176 valence electrons. The predicted octanol–water partition coefficient (Wildman–Crippen LogP) is 2.25. The fourth-order valence-electron chi connectivity index (χ4n) is 3.83. The zero-order chi connectivity index (χ0) is 24.1. The number of carbonyl (C=O) groups excluding carboxylic acids is 2. The maximum absolute atomic E-state index is 12.7. The third-order valence-corrected chi connectivity index (χ3v) is 6.01. The van der Waals surface area contributed by atoms with Gasteiger partial charge in [-0.15, -0.1) is 0 Å². The number of rotatable bonds is 6. The zero-order valence-corrected chi connectivity index (χ0v) is 19.4. The van der Waals surface area contributed by atoms with E-state index in [0.717, 1.165) is 16.9 Å². The van der Waals surface area contributed by atoms with Gasteiger partial charge in [0.05, 0.1) is 6.54 Å². The topological polar surface area (TPSA) is 100 Å². The Bertz CT molecular complexity index is 1230. The molecule has 1 fully saturated rings. The van der Waals surface area contributed by atoms with Crippen LogP contribution in [-0.2, 0) is 11.3 Å².